The zero-order valence-corrected chi connectivity index (χ0v) is 21.5. The summed E-state index contributed by atoms with van der Waals surface area (Å²) in [5.74, 6) is 8.69. The molecule has 31 heavy (non-hydrogen) atoms. The molecule has 4 unspecified atom stereocenters. The standard InChI is InChI=1S/C31H56/c1-3-24-7-5-9-30(19-24)22-28-15-11-26(12-16-28)21-27-13-17-29(18-14-27)23-31-10-6-8-25(4-2)20-31/h24-31H,3-23H2,1-2H3. The Morgan fingerprint density at radius 1 is 0.355 bits per heavy atom. The van der Waals surface area contributed by atoms with Crippen molar-refractivity contribution in [3.05, 3.63) is 0 Å². The van der Waals surface area contributed by atoms with E-state index in [1.54, 1.807) is 96.3 Å². The van der Waals surface area contributed by atoms with Gasteiger partial charge in [-0.05, 0) is 79.4 Å². The molecule has 4 rings (SSSR count). The first-order valence-corrected chi connectivity index (χ1v) is 15.2. The minimum absolute atomic E-state index is 1.07. The van der Waals surface area contributed by atoms with Crippen LogP contribution in [-0.4, -0.2) is 0 Å². The summed E-state index contributed by atoms with van der Waals surface area (Å²) in [6.45, 7) is 4.84. The molecule has 4 atom stereocenters. The maximum absolute atomic E-state index is 2.42. The van der Waals surface area contributed by atoms with Crippen LogP contribution in [0.3, 0.4) is 0 Å². The molecule has 4 aliphatic carbocycles. The van der Waals surface area contributed by atoms with E-state index in [1.165, 1.54) is 38.5 Å². The Labute approximate surface area is 196 Å². The van der Waals surface area contributed by atoms with Gasteiger partial charge in [-0.3, -0.25) is 0 Å². The van der Waals surface area contributed by atoms with Crippen molar-refractivity contribution >= 4 is 0 Å². The first-order chi connectivity index (χ1) is 15.2. The van der Waals surface area contributed by atoms with Crippen molar-refractivity contribution in [1.82, 2.24) is 0 Å². The Kier molecular flexibility index (Phi) is 9.70. The third kappa shape index (κ3) is 7.50. The van der Waals surface area contributed by atoms with E-state index in [1.807, 2.05) is 0 Å². The van der Waals surface area contributed by atoms with Crippen LogP contribution in [0.2, 0.25) is 0 Å². The summed E-state index contributed by atoms with van der Waals surface area (Å²) in [6, 6.07) is 0. The second-order valence-corrected chi connectivity index (χ2v) is 13.1. The van der Waals surface area contributed by atoms with Crippen LogP contribution in [-0.2, 0) is 0 Å². The zero-order valence-electron chi connectivity index (χ0n) is 21.5. The predicted molar refractivity (Wildman–Crippen MR) is 136 cm³/mol. The lowest BCUT2D eigenvalue weighted by molar-refractivity contribution is 0.148. The zero-order chi connectivity index (χ0) is 21.5. The largest absolute Gasteiger partial charge is 0.0651 e. The predicted octanol–water partition coefficient (Wildman–Crippen LogP) is 10.2. The lowest BCUT2D eigenvalue weighted by Gasteiger charge is -2.37. The van der Waals surface area contributed by atoms with Gasteiger partial charge in [0.15, 0.2) is 0 Å². The molecular weight excluding hydrogens is 372 g/mol. The van der Waals surface area contributed by atoms with E-state index in [0.29, 0.717) is 0 Å². The molecule has 4 fully saturated rings. The number of hydrogen-bond donors (Lipinski definition) is 0. The maximum Gasteiger partial charge on any atom is -0.0409 e. The Hall–Kier alpha value is 0. The number of hydrogen-bond acceptors (Lipinski definition) is 0. The molecule has 0 heteroatoms. The molecule has 0 heterocycles. The summed E-state index contributed by atoms with van der Waals surface area (Å²) in [7, 11) is 0. The average molecular weight is 429 g/mol. The topological polar surface area (TPSA) is 0 Å². The number of rotatable bonds is 8. The van der Waals surface area contributed by atoms with Gasteiger partial charge in [-0.25, -0.2) is 0 Å². The second kappa shape index (κ2) is 12.5. The van der Waals surface area contributed by atoms with Gasteiger partial charge in [0.2, 0.25) is 0 Å². The average Bonchev–Trinajstić information content (AvgIpc) is 2.82. The quantitative estimate of drug-likeness (QED) is 0.360. The Bertz CT molecular complexity index is 434. The molecule has 0 radical (unpaired) electrons. The highest BCUT2D eigenvalue weighted by molar-refractivity contribution is 4.83. The maximum atomic E-state index is 2.42. The van der Waals surface area contributed by atoms with Gasteiger partial charge in [0, 0.05) is 0 Å². The van der Waals surface area contributed by atoms with Gasteiger partial charge < -0.3 is 0 Å². The van der Waals surface area contributed by atoms with Crippen molar-refractivity contribution < 1.29 is 0 Å². The fraction of sp³-hybridized carbons (Fsp3) is 1.00. The molecule has 0 spiro atoms. The summed E-state index contributed by atoms with van der Waals surface area (Å²) in [6.07, 6.45) is 32.6. The van der Waals surface area contributed by atoms with Crippen LogP contribution >= 0.6 is 0 Å². The molecule has 0 amide bonds. The summed E-state index contributed by atoms with van der Waals surface area (Å²) < 4.78 is 0. The highest BCUT2D eigenvalue weighted by atomic mass is 14.4. The first-order valence-electron chi connectivity index (χ1n) is 15.2. The molecule has 4 aliphatic rings. The molecule has 0 N–H and O–H groups in total. The van der Waals surface area contributed by atoms with Gasteiger partial charge in [-0.2, -0.15) is 0 Å². The lowest BCUT2D eigenvalue weighted by atomic mass is 9.69. The molecule has 4 saturated carbocycles. The Morgan fingerprint density at radius 3 is 0.968 bits per heavy atom. The van der Waals surface area contributed by atoms with E-state index >= 15 is 0 Å². The van der Waals surface area contributed by atoms with E-state index < -0.39 is 0 Å². The molecule has 0 bridgehead atoms. The Morgan fingerprint density at radius 2 is 0.645 bits per heavy atom. The van der Waals surface area contributed by atoms with Crippen LogP contribution in [0.5, 0.6) is 0 Å². The summed E-state index contributed by atoms with van der Waals surface area (Å²) in [5.41, 5.74) is 0. The minimum atomic E-state index is 1.07. The van der Waals surface area contributed by atoms with Gasteiger partial charge in [0.1, 0.15) is 0 Å². The van der Waals surface area contributed by atoms with E-state index in [-0.39, 0.29) is 0 Å². The smallest absolute Gasteiger partial charge is 0.0409 e. The highest BCUT2D eigenvalue weighted by Gasteiger charge is 2.30. The van der Waals surface area contributed by atoms with Crippen molar-refractivity contribution in [3.8, 4) is 0 Å². The van der Waals surface area contributed by atoms with Crippen molar-refractivity contribution in [1.29, 1.82) is 0 Å². The van der Waals surface area contributed by atoms with Crippen molar-refractivity contribution in [2.45, 2.75) is 149 Å². The van der Waals surface area contributed by atoms with Gasteiger partial charge >= 0.3 is 0 Å². The molecule has 0 saturated heterocycles. The lowest BCUT2D eigenvalue weighted by Crippen LogP contribution is -2.24. The van der Waals surface area contributed by atoms with E-state index in [9.17, 15) is 0 Å². The van der Waals surface area contributed by atoms with Crippen LogP contribution < -0.4 is 0 Å². The minimum Gasteiger partial charge on any atom is -0.0651 e. The molecule has 0 aromatic carbocycles. The van der Waals surface area contributed by atoms with Crippen LogP contribution in [0.4, 0.5) is 0 Å². The molecule has 0 nitrogen and oxygen atoms in total. The summed E-state index contributed by atoms with van der Waals surface area (Å²) in [5, 5.41) is 0. The summed E-state index contributed by atoms with van der Waals surface area (Å²) >= 11 is 0. The van der Waals surface area contributed by atoms with Crippen molar-refractivity contribution in [2.75, 3.05) is 0 Å². The van der Waals surface area contributed by atoms with E-state index in [4.69, 9.17) is 0 Å². The SMILES string of the molecule is CCC1CCCC(CC2CCC(CC3CCC(CC4CCCC(CC)C4)CC3)CC2)C1. The normalized spacial score (nSPS) is 42.4. The van der Waals surface area contributed by atoms with Crippen LogP contribution in [0.25, 0.3) is 0 Å². The second-order valence-electron chi connectivity index (χ2n) is 13.1. The van der Waals surface area contributed by atoms with Crippen LogP contribution in [0.15, 0.2) is 0 Å². The van der Waals surface area contributed by atoms with Crippen LogP contribution in [0, 0.1) is 47.3 Å². The van der Waals surface area contributed by atoms with E-state index in [0.717, 1.165) is 47.3 Å². The van der Waals surface area contributed by atoms with Crippen molar-refractivity contribution in [3.63, 3.8) is 0 Å². The third-order valence-corrected chi connectivity index (χ3v) is 10.9. The monoisotopic (exact) mass is 428 g/mol. The fourth-order valence-corrected chi connectivity index (χ4v) is 8.79. The molecule has 0 aliphatic heterocycles. The molecular formula is C31H56. The molecule has 0 aromatic heterocycles. The molecule has 0 aromatic rings. The fourth-order valence-electron chi connectivity index (χ4n) is 8.79. The highest BCUT2D eigenvalue weighted by Crippen LogP contribution is 2.44. The molecule has 180 valence electrons. The van der Waals surface area contributed by atoms with Crippen molar-refractivity contribution in [2.24, 2.45) is 47.3 Å². The van der Waals surface area contributed by atoms with Gasteiger partial charge in [0.25, 0.3) is 0 Å². The Balaban J connectivity index is 1.09. The first kappa shape index (κ1) is 24.1. The summed E-state index contributed by atoms with van der Waals surface area (Å²) in [4.78, 5) is 0. The van der Waals surface area contributed by atoms with Gasteiger partial charge in [-0.1, -0.05) is 117 Å². The van der Waals surface area contributed by atoms with Crippen LogP contribution in [0.1, 0.15) is 149 Å². The van der Waals surface area contributed by atoms with Gasteiger partial charge in [0.05, 0.1) is 0 Å². The third-order valence-electron chi connectivity index (χ3n) is 10.9. The van der Waals surface area contributed by atoms with E-state index in [2.05, 4.69) is 13.8 Å². The van der Waals surface area contributed by atoms with Gasteiger partial charge in [-0.15, -0.1) is 0 Å².